The molecule has 1 heterocycles. The molecule has 1 amide bonds. The van der Waals surface area contributed by atoms with Gasteiger partial charge in [-0.3, -0.25) is 4.79 Å². The van der Waals surface area contributed by atoms with Gasteiger partial charge >= 0.3 is 0 Å². The lowest BCUT2D eigenvalue weighted by molar-refractivity contribution is -0.121. The van der Waals surface area contributed by atoms with E-state index in [0.29, 0.717) is 32.3 Å². The molecule has 5 heteroatoms. The Balaban J connectivity index is 1.90. The second-order valence-corrected chi connectivity index (χ2v) is 4.62. The summed E-state index contributed by atoms with van der Waals surface area (Å²) in [6, 6.07) is 0. The van der Waals surface area contributed by atoms with Crippen LogP contribution < -0.4 is 5.32 Å². The third-order valence-electron chi connectivity index (χ3n) is 2.51. The van der Waals surface area contributed by atoms with E-state index >= 15 is 0 Å². The van der Waals surface area contributed by atoms with Crippen molar-refractivity contribution in [2.45, 2.75) is 31.8 Å². The largest absolute Gasteiger partial charge is 0.379 e. The molecule has 0 radical (unpaired) electrons. The first-order valence-corrected chi connectivity index (χ1v) is 6.97. The fraction of sp³-hybridized carbons (Fsp3) is 0.909. The highest BCUT2D eigenvalue weighted by Gasteiger charge is 2.16. The van der Waals surface area contributed by atoms with Gasteiger partial charge in [-0.2, -0.15) is 0 Å². The number of hydrogen-bond donors (Lipinski definition) is 1. The van der Waals surface area contributed by atoms with Crippen molar-refractivity contribution in [1.29, 1.82) is 0 Å². The van der Waals surface area contributed by atoms with Crippen molar-refractivity contribution in [3.63, 3.8) is 0 Å². The molecule has 1 saturated heterocycles. The van der Waals surface area contributed by atoms with Crippen LogP contribution in [0.15, 0.2) is 0 Å². The van der Waals surface area contributed by atoms with Crippen LogP contribution in [0.4, 0.5) is 0 Å². The zero-order chi connectivity index (χ0) is 11.6. The Hall–Kier alpha value is -0.130. The summed E-state index contributed by atoms with van der Waals surface area (Å²) in [6.07, 6.45) is 3.93. The van der Waals surface area contributed by atoms with Crippen LogP contribution in [-0.4, -0.2) is 43.7 Å². The fourth-order valence-corrected chi connectivity index (χ4v) is 1.90. The molecule has 94 valence electrons. The average molecular weight is 294 g/mol. The Morgan fingerprint density at radius 2 is 2.38 bits per heavy atom. The number of carbonyl (C=O) groups is 1. The Morgan fingerprint density at radius 1 is 1.50 bits per heavy atom. The molecule has 1 rings (SSSR count). The zero-order valence-corrected chi connectivity index (χ0v) is 11.1. The number of carbonyl (C=O) groups excluding carboxylic acids is 1. The van der Waals surface area contributed by atoms with E-state index in [4.69, 9.17) is 9.47 Å². The van der Waals surface area contributed by atoms with E-state index in [0.717, 1.165) is 31.2 Å². The minimum absolute atomic E-state index is 0.0953. The van der Waals surface area contributed by atoms with Crippen LogP contribution in [0.2, 0.25) is 0 Å². The molecule has 1 fully saturated rings. The van der Waals surface area contributed by atoms with Gasteiger partial charge in [-0.25, -0.2) is 0 Å². The van der Waals surface area contributed by atoms with Gasteiger partial charge in [0.25, 0.3) is 0 Å². The van der Waals surface area contributed by atoms with Crippen molar-refractivity contribution in [2.75, 3.05) is 31.7 Å². The number of nitrogens with one attached hydrogen (secondary N) is 1. The Labute approximate surface area is 105 Å². The standard InChI is InChI=1S/C11H20BrNO3/c12-5-8-15-9-6-13-11(14)4-3-10-2-1-7-16-10/h10H,1-9H2,(H,13,14). The van der Waals surface area contributed by atoms with Gasteiger partial charge in [0.2, 0.25) is 5.91 Å². The van der Waals surface area contributed by atoms with Gasteiger partial charge in [-0.15, -0.1) is 0 Å². The maximum absolute atomic E-state index is 11.4. The number of rotatable bonds is 8. The highest BCUT2D eigenvalue weighted by molar-refractivity contribution is 9.09. The van der Waals surface area contributed by atoms with Crippen molar-refractivity contribution in [3.05, 3.63) is 0 Å². The first-order valence-electron chi connectivity index (χ1n) is 5.85. The van der Waals surface area contributed by atoms with Crippen molar-refractivity contribution in [3.8, 4) is 0 Å². The Bertz CT molecular complexity index is 196. The number of ether oxygens (including phenoxy) is 2. The summed E-state index contributed by atoms with van der Waals surface area (Å²) in [6.45, 7) is 2.72. The molecular formula is C11H20BrNO3. The molecule has 0 aromatic carbocycles. The monoisotopic (exact) mass is 293 g/mol. The predicted octanol–water partition coefficient (Wildman–Crippen LogP) is 1.47. The summed E-state index contributed by atoms with van der Waals surface area (Å²) in [5.74, 6) is 0.0953. The van der Waals surface area contributed by atoms with Crippen LogP contribution in [0, 0.1) is 0 Å². The summed E-state index contributed by atoms with van der Waals surface area (Å²) in [7, 11) is 0. The van der Waals surface area contributed by atoms with Crippen LogP contribution in [0.5, 0.6) is 0 Å². The minimum atomic E-state index is 0.0953. The van der Waals surface area contributed by atoms with E-state index in [-0.39, 0.29) is 5.91 Å². The van der Waals surface area contributed by atoms with E-state index in [2.05, 4.69) is 21.2 Å². The quantitative estimate of drug-likeness (QED) is 0.545. The molecule has 1 aliphatic rings. The topological polar surface area (TPSA) is 47.6 Å². The third-order valence-corrected chi connectivity index (χ3v) is 2.83. The van der Waals surface area contributed by atoms with E-state index in [1.165, 1.54) is 0 Å². The smallest absolute Gasteiger partial charge is 0.220 e. The average Bonchev–Trinajstić information content (AvgIpc) is 2.79. The van der Waals surface area contributed by atoms with Crippen molar-refractivity contribution in [2.24, 2.45) is 0 Å². The molecule has 1 aliphatic heterocycles. The first kappa shape index (κ1) is 13.9. The SMILES string of the molecule is O=C(CCC1CCCO1)NCCOCCBr. The lowest BCUT2D eigenvalue weighted by Crippen LogP contribution is -2.28. The molecule has 16 heavy (non-hydrogen) atoms. The maximum Gasteiger partial charge on any atom is 0.220 e. The molecule has 0 aliphatic carbocycles. The Morgan fingerprint density at radius 3 is 3.06 bits per heavy atom. The molecule has 1 N–H and O–H groups in total. The zero-order valence-electron chi connectivity index (χ0n) is 9.54. The predicted molar refractivity (Wildman–Crippen MR) is 65.8 cm³/mol. The molecular weight excluding hydrogens is 274 g/mol. The normalized spacial score (nSPS) is 19.9. The third kappa shape index (κ3) is 6.45. The number of halogens is 1. The van der Waals surface area contributed by atoms with Gasteiger partial charge in [0.05, 0.1) is 19.3 Å². The molecule has 0 bridgehead atoms. The summed E-state index contributed by atoms with van der Waals surface area (Å²) >= 11 is 3.27. The van der Waals surface area contributed by atoms with Crippen LogP contribution in [-0.2, 0) is 14.3 Å². The van der Waals surface area contributed by atoms with Gasteiger partial charge in [0, 0.05) is 24.9 Å². The van der Waals surface area contributed by atoms with Crippen LogP contribution in [0.3, 0.4) is 0 Å². The highest BCUT2D eigenvalue weighted by atomic mass is 79.9. The van der Waals surface area contributed by atoms with Gasteiger partial charge in [-0.1, -0.05) is 15.9 Å². The molecule has 0 saturated carbocycles. The maximum atomic E-state index is 11.4. The molecule has 0 spiro atoms. The van der Waals surface area contributed by atoms with Gasteiger partial charge in [0.1, 0.15) is 0 Å². The van der Waals surface area contributed by atoms with Gasteiger partial charge < -0.3 is 14.8 Å². The van der Waals surface area contributed by atoms with Crippen molar-refractivity contribution < 1.29 is 14.3 Å². The minimum Gasteiger partial charge on any atom is -0.379 e. The fourth-order valence-electron chi connectivity index (χ4n) is 1.67. The van der Waals surface area contributed by atoms with Crippen molar-refractivity contribution >= 4 is 21.8 Å². The van der Waals surface area contributed by atoms with E-state index < -0.39 is 0 Å². The molecule has 1 atom stereocenters. The molecule has 1 unspecified atom stereocenters. The van der Waals surface area contributed by atoms with E-state index in [1.807, 2.05) is 0 Å². The van der Waals surface area contributed by atoms with E-state index in [9.17, 15) is 4.79 Å². The van der Waals surface area contributed by atoms with Crippen molar-refractivity contribution in [1.82, 2.24) is 5.32 Å². The van der Waals surface area contributed by atoms with E-state index in [1.54, 1.807) is 0 Å². The lowest BCUT2D eigenvalue weighted by Gasteiger charge is -2.09. The second kappa shape index (κ2) is 8.96. The van der Waals surface area contributed by atoms with Gasteiger partial charge in [-0.05, 0) is 19.3 Å². The summed E-state index contributed by atoms with van der Waals surface area (Å²) < 4.78 is 10.7. The molecule has 0 aromatic heterocycles. The van der Waals surface area contributed by atoms with Crippen LogP contribution in [0.25, 0.3) is 0 Å². The summed E-state index contributed by atoms with van der Waals surface area (Å²) in [5.41, 5.74) is 0. The molecule has 0 aromatic rings. The number of hydrogen-bond acceptors (Lipinski definition) is 3. The van der Waals surface area contributed by atoms with Crippen LogP contribution in [0.1, 0.15) is 25.7 Å². The first-order chi connectivity index (χ1) is 7.83. The van der Waals surface area contributed by atoms with Gasteiger partial charge in [0.15, 0.2) is 0 Å². The Kier molecular flexibility index (Phi) is 7.80. The number of alkyl halides is 1. The van der Waals surface area contributed by atoms with Crippen LogP contribution >= 0.6 is 15.9 Å². The molecule has 4 nitrogen and oxygen atoms in total. The summed E-state index contributed by atoms with van der Waals surface area (Å²) in [5, 5.41) is 3.66. The summed E-state index contributed by atoms with van der Waals surface area (Å²) in [4.78, 5) is 11.4. The number of amides is 1. The second-order valence-electron chi connectivity index (χ2n) is 3.83. The lowest BCUT2D eigenvalue weighted by atomic mass is 10.1. The highest BCUT2D eigenvalue weighted by Crippen LogP contribution is 2.16.